The molecule has 0 aliphatic heterocycles. The number of hydrogen-bond donors (Lipinski definition) is 2. The van der Waals surface area contributed by atoms with Gasteiger partial charge in [0.1, 0.15) is 0 Å². The molecule has 0 radical (unpaired) electrons. The number of halogens is 3. The molecule has 1 aromatic carbocycles. The standard InChI is InChI=1S/C13H17F3N2S/c1-8-5-9(13(14,15)16)7-10(6-8)17-11(19)18-12(2,3)4/h5-7H,1-4H3,(H2,17,18,19). The van der Waals surface area contributed by atoms with Crippen LogP contribution in [0, 0.1) is 6.92 Å². The van der Waals surface area contributed by atoms with E-state index in [2.05, 4.69) is 10.6 Å². The van der Waals surface area contributed by atoms with Crippen LogP contribution < -0.4 is 10.6 Å². The van der Waals surface area contributed by atoms with Gasteiger partial charge in [-0.15, -0.1) is 0 Å². The minimum Gasteiger partial charge on any atom is -0.358 e. The van der Waals surface area contributed by atoms with Gasteiger partial charge in [-0.25, -0.2) is 0 Å². The van der Waals surface area contributed by atoms with Crippen molar-refractivity contribution in [2.75, 3.05) is 5.32 Å². The van der Waals surface area contributed by atoms with Gasteiger partial charge in [-0.1, -0.05) is 0 Å². The van der Waals surface area contributed by atoms with Crippen LogP contribution in [0.2, 0.25) is 0 Å². The van der Waals surface area contributed by atoms with Crippen LogP contribution >= 0.6 is 12.2 Å². The van der Waals surface area contributed by atoms with Crippen molar-refractivity contribution < 1.29 is 13.2 Å². The minimum absolute atomic E-state index is 0.249. The number of hydrogen-bond acceptors (Lipinski definition) is 1. The van der Waals surface area contributed by atoms with E-state index in [1.54, 1.807) is 13.0 Å². The molecule has 0 atom stereocenters. The van der Waals surface area contributed by atoms with Gasteiger partial charge in [0.15, 0.2) is 5.11 Å². The lowest BCUT2D eigenvalue weighted by atomic mass is 10.1. The van der Waals surface area contributed by atoms with Gasteiger partial charge in [0.2, 0.25) is 0 Å². The Morgan fingerprint density at radius 2 is 1.68 bits per heavy atom. The molecule has 0 saturated carbocycles. The number of anilines is 1. The molecule has 1 rings (SSSR count). The molecule has 0 saturated heterocycles. The third-order valence-corrected chi connectivity index (χ3v) is 2.36. The Labute approximate surface area is 116 Å². The third-order valence-electron chi connectivity index (χ3n) is 2.15. The zero-order valence-corrected chi connectivity index (χ0v) is 12.1. The van der Waals surface area contributed by atoms with Gasteiger partial charge in [0.25, 0.3) is 0 Å². The largest absolute Gasteiger partial charge is 0.416 e. The Balaban J connectivity index is 2.91. The van der Waals surface area contributed by atoms with Crippen LogP contribution in [-0.4, -0.2) is 10.7 Å². The van der Waals surface area contributed by atoms with Crippen molar-refractivity contribution in [2.45, 2.75) is 39.4 Å². The normalized spacial score (nSPS) is 12.2. The maximum atomic E-state index is 12.7. The van der Waals surface area contributed by atoms with E-state index < -0.39 is 11.7 Å². The van der Waals surface area contributed by atoms with E-state index in [0.29, 0.717) is 16.4 Å². The molecule has 106 valence electrons. The number of nitrogens with one attached hydrogen (secondary N) is 2. The van der Waals surface area contributed by atoms with Crippen LogP contribution in [0.5, 0.6) is 0 Å². The summed E-state index contributed by atoms with van der Waals surface area (Å²) in [6.07, 6.45) is -4.36. The second-order valence-electron chi connectivity index (χ2n) is 5.41. The van der Waals surface area contributed by atoms with Crippen molar-refractivity contribution in [1.82, 2.24) is 5.32 Å². The van der Waals surface area contributed by atoms with Crippen LogP contribution in [0.25, 0.3) is 0 Å². The Morgan fingerprint density at radius 1 is 1.11 bits per heavy atom. The zero-order valence-electron chi connectivity index (χ0n) is 11.3. The van der Waals surface area contributed by atoms with Gasteiger partial charge in [0, 0.05) is 11.2 Å². The Bertz CT molecular complexity index is 476. The summed E-state index contributed by atoms with van der Waals surface area (Å²) >= 11 is 5.06. The molecule has 6 heteroatoms. The van der Waals surface area contributed by atoms with Gasteiger partial charge in [-0.05, 0) is 63.7 Å². The van der Waals surface area contributed by atoms with E-state index in [9.17, 15) is 13.2 Å². The van der Waals surface area contributed by atoms with E-state index >= 15 is 0 Å². The summed E-state index contributed by atoms with van der Waals surface area (Å²) in [5.74, 6) is 0. The lowest BCUT2D eigenvalue weighted by molar-refractivity contribution is -0.137. The van der Waals surface area contributed by atoms with E-state index in [1.165, 1.54) is 0 Å². The van der Waals surface area contributed by atoms with Crippen molar-refractivity contribution in [3.63, 3.8) is 0 Å². The van der Waals surface area contributed by atoms with Crippen molar-refractivity contribution in [3.8, 4) is 0 Å². The monoisotopic (exact) mass is 290 g/mol. The first-order valence-electron chi connectivity index (χ1n) is 5.75. The summed E-state index contributed by atoms with van der Waals surface area (Å²) in [5, 5.41) is 6.05. The Hall–Kier alpha value is -1.30. The molecule has 0 aromatic heterocycles. The van der Waals surface area contributed by atoms with Crippen molar-refractivity contribution in [1.29, 1.82) is 0 Å². The van der Waals surface area contributed by atoms with Crippen LogP contribution in [0.15, 0.2) is 18.2 Å². The highest BCUT2D eigenvalue weighted by Gasteiger charge is 2.31. The summed E-state index contributed by atoms with van der Waals surface area (Å²) in [5.41, 5.74) is -0.0839. The maximum Gasteiger partial charge on any atom is 0.416 e. The average molecular weight is 290 g/mol. The summed E-state index contributed by atoms with van der Waals surface area (Å²) in [6, 6.07) is 3.76. The third kappa shape index (κ3) is 5.46. The van der Waals surface area contributed by atoms with E-state index in [0.717, 1.165) is 12.1 Å². The number of benzene rings is 1. The fourth-order valence-corrected chi connectivity index (χ4v) is 1.95. The highest BCUT2D eigenvalue weighted by atomic mass is 32.1. The second-order valence-corrected chi connectivity index (χ2v) is 5.82. The van der Waals surface area contributed by atoms with Gasteiger partial charge in [-0.3, -0.25) is 0 Å². The highest BCUT2D eigenvalue weighted by molar-refractivity contribution is 7.80. The SMILES string of the molecule is Cc1cc(NC(=S)NC(C)(C)C)cc(C(F)(F)F)c1. The lowest BCUT2D eigenvalue weighted by Gasteiger charge is -2.23. The molecule has 0 amide bonds. The van der Waals surface area contributed by atoms with Crippen LogP contribution in [0.4, 0.5) is 18.9 Å². The quantitative estimate of drug-likeness (QED) is 0.762. The average Bonchev–Trinajstić information content (AvgIpc) is 2.11. The number of aryl methyl sites for hydroxylation is 1. The molecule has 0 spiro atoms. The molecule has 0 heterocycles. The van der Waals surface area contributed by atoms with Gasteiger partial charge >= 0.3 is 6.18 Å². The Morgan fingerprint density at radius 3 is 2.16 bits per heavy atom. The molecule has 0 fully saturated rings. The van der Waals surface area contributed by atoms with Crippen LogP contribution in [0.3, 0.4) is 0 Å². The summed E-state index contributed by atoms with van der Waals surface area (Å²) in [7, 11) is 0. The summed E-state index contributed by atoms with van der Waals surface area (Å²) in [6.45, 7) is 7.36. The molecule has 19 heavy (non-hydrogen) atoms. The fourth-order valence-electron chi connectivity index (χ4n) is 1.52. The first-order chi connectivity index (χ1) is 8.47. The lowest BCUT2D eigenvalue weighted by Crippen LogP contribution is -2.42. The van der Waals surface area contributed by atoms with Crippen LogP contribution in [0.1, 0.15) is 31.9 Å². The van der Waals surface area contributed by atoms with E-state index in [1.807, 2.05) is 20.8 Å². The molecular weight excluding hydrogens is 273 g/mol. The molecule has 0 aliphatic rings. The van der Waals surface area contributed by atoms with Crippen molar-refractivity contribution in [2.24, 2.45) is 0 Å². The van der Waals surface area contributed by atoms with Crippen molar-refractivity contribution >= 4 is 23.0 Å². The minimum atomic E-state index is -4.36. The predicted octanol–water partition coefficient (Wildman–Crippen LogP) is 4.10. The van der Waals surface area contributed by atoms with Crippen LogP contribution in [-0.2, 0) is 6.18 Å². The molecule has 1 aromatic rings. The first-order valence-corrected chi connectivity index (χ1v) is 6.16. The maximum absolute atomic E-state index is 12.7. The number of alkyl halides is 3. The first kappa shape index (κ1) is 15.8. The van der Waals surface area contributed by atoms with Gasteiger partial charge in [0.05, 0.1) is 5.56 Å². The topological polar surface area (TPSA) is 24.1 Å². The summed E-state index contributed by atoms with van der Waals surface area (Å²) in [4.78, 5) is 0. The Kier molecular flexibility index (Phi) is 4.45. The molecule has 0 bridgehead atoms. The molecule has 2 N–H and O–H groups in total. The fraction of sp³-hybridized carbons (Fsp3) is 0.462. The molecule has 0 aliphatic carbocycles. The summed E-state index contributed by atoms with van der Waals surface area (Å²) < 4.78 is 38.0. The second kappa shape index (κ2) is 5.36. The van der Waals surface area contributed by atoms with E-state index in [-0.39, 0.29) is 5.54 Å². The van der Waals surface area contributed by atoms with Crippen molar-refractivity contribution in [3.05, 3.63) is 29.3 Å². The predicted molar refractivity (Wildman–Crippen MR) is 75.3 cm³/mol. The zero-order chi connectivity index (χ0) is 14.8. The highest BCUT2D eigenvalue weighted by Crippen LogP contribution is 2.31. The van der Waals surface area contributed by atoms with Gasteiger partial charge in [-0.2, -0.15) is 13.2 Å². The number of rotatable bonds is 1. The molecule has 0 unspecified atom stereocenters. The molecule has 2 nitrogen and oxygen atoms in total. The number of thiocarbonyl (C=S) groups is 1. The van der Waals surface area contributed by atoms with Gasteiger partial charge < -0.3 is 10.6 Å². The smallest absolute Gasteiger partial charge is 0.358 e. The van der Waals surface area contributed by atoms with E-state index in [4.69, 9.17) is 12.2 Å². The molecular formula is C13H17F3N2S.